The van der Waals surface area contributed by atoms with Gasteiger partial charge in [-0.25, -0.2) is 0 Å². The molecule has 0 bridgehead atoms. The molecular formula is C19H14F3N. The Bertz CT molecular complexity index is 883. The minimum absolute atomic E-state index is 0.0121. The van der Waals surface area contributed by atoms with Gasteiger partial charge in [-0.3, -0.25) is 0 Å². The molecule has 1 atom stereocenters. The lowest BCUT2D eigenvalue weighted by molar-refractivity contribution is -0.137. The first-order valence-electron chi connectivity index (χ1n) is 7.46. The highest BCUT2D eigenvalue weighted by atomic mass is 19.4. The van der Waals surface area contributed by atoms with Crippen molar-refractivity contribution in [3.05, 3.63) is 77.4 Å². The van der Waals surface area contributed by atoms with Crippen molar-refractivity contribution in [2.75, 3.05) is 5.32 Å². The van der Waals surface area contributed by atoms with Crippen LogP contribution in [0.4, 0.5) is 18.9 Å². The Morgan fingerprint density at radius 3 is 2.43 bits per heavy atom. The lowest BCUT2D eigenvalue weighted by atomic mass is 9.99. The third-order valence-corrected chi connectivity index (χ3v) is 4.37. The molecule has 0 radical (unpaired) electrons. The van der Waals surface area contributed by atoms with Crippen LogP contribution >= 0.6 is 0 Å². The van der Waals surface area contributed by atoms with Crippen LogP contribution in [0.1, 0.15) is 22.7 Å². The quantitative estimate of drug-likeness (QED) is 0.619. The second kappa shape index (κ2) is 5.01. The monoisotopic (exact) mass is 313 g/mol. The topological polar surface area (TPSA) is 12.0 Å². The normalized spacial score (nSPS) is 17.1. The fraction of sp³-hybridized carbons (Fsp3) is 0.158. The van der Waals surface area contributed by atoms with Crippen molar-refractivity contribution in [2.45, 2.75) is 18.6 Å². The van der Waals surface area contributed by atoms with Crippen LogP contribution in [-0.2, 0) is 12.6 Å². The number of alkyl halides is 3. The van der Waals surface area contributed by atoms with Crippen LogP contribution in [0.15, 0.2) is 60.7 Å². The zero-order valence-electron chi connectivity index (χ0n) is 12.2. The molecule has 1 N–H and O–H groups in total. The van der Waals surface area contributed by atoms with E-state index in [-0.39, 0.29) is 6.04 Å². The van der Waals surface area contributed by atoms with Crippen LogP contribution < -0.4 is 5.32 Å². The van der Waals surface area contributed by atoms with E-state index in [9.17, 15) is 13.2 Å². The van der Waals surface area contributed by atoms with Gasteiger partial charge in [0.05, 0.1) is 11.6 Å². The van der Waals surface area contributed by atoms with E-state index in [4.69, 9.17) is 0 Å². The van der Waals surface area contributed by atoms with Crippen molar-refractivity contribution < 1.29 is 13.2 Å². The molecule has 1 aliphatic heterocycles. The van der Waals surface area contributed by atoms with Gasteiger partial charge in [0.1, 0.15) is 0 Å². The third-order valence-electron chi connectivity index (χ3n) is 4.37. The average Bonchev–Trinajstić information content (AvgIpc) is 2.96. The molecule has 0 saturated heterocycles. The molecule has 0 saturated carbocycles. The standard InChI is InChI=1S/C19H14F3N/c20-19(21,22)16-8-7-15-10-17(23-18(15)11-16)14-6-5-12-3-1-2-4-13(12)9-14/h1-9,11,17,23H,10H2. The van der Waals surface area contributed by atoms with Gasteiger partial charge in [-0.15, -0.1) is 0 Å². The Hall–Kier alpha value is -2.49. The molecule has 1 heterocycles. The van der Waals surface area contributed by atoms with E-state index < -0.39 is 11.7 Å². The van der Waals surface area contributed by atoms with Gasteiger partial charge in [-0.05, 0) is 46.5 Å². The van der Waals surface area contributed by atoms with Crippen LogP contribution in [0.2, 0.25) is 0 Å². The molecule has 0 aromatic heterocycles. The number of anilines is 1. The van der Waals surface area contributed by atoms with Gasteiger partial charge < -0.3 is 5.32 Å². The fourth-order valence-corrected chi connectivity index (χ4v) is 3.15. The van der Waals surface area contributed by atoms with Gasteiger partial charge in [-0.1, -0.05) is 42.5 Å². The van der Waals surface area contributed by atoms with E-state index in [1.54, 1.807) is 6.07 Å². The van der Waals surface area contributed by atoms with Gasteiger partial charge in [0.25, 0.3) is 0 Å². The van der Waals surface area contributed by atoms with Crippen molar-refractivity contribution in [3.8, 4) is 0 Å². The van der Waals surface area contributed by atoms with Crippen molar-refractivity contribution in [3.63, 3.8) is 0 Å². The van der Waals surface area contributed by atoms with Gasteiger partial charge in [0.15, 0.2) is 0 Å². The Labute approximate surface area is 131 Å². The molecule has 3 aromatic rings. The van der Waals surface area contributed by atoms with Crippen LogP contribution in [0.25, 0.3) is 10.8 Å². The second-order valence-electron chi connectivity index (χ2n) is 5.88. The molecule has 0 aliphatic carbocycles. The summed E-state index contributed by atoms with van der Waals surface area (Å²) in [7, 11) is 0. The molecule has 3 aromatic carbocycles. The van der Waals surface area contributed by atoms with Crippen LogP contribution in [0.3, 0.4) is 0 Å². The van der Waals surface area contributed by atoms with Gasteiger partial charge in [0, 0.05) is 5.69 Å². The van der Waals surface area contributed by atoms with Gasteiger partial charge >= 0.3 is 6.18 Å². The maximum Gasteiger partial charge on any atom is 0.416 e. The minimum atomic E-state index is -4.31. The maximum absolute atomic E-state index is 12.8. The van der Waals surface area contributed by atoms with Crippen LogP contribution in [-0.4, -0.2) is 0 Å². The maximum atomic E-state index is 12.8. The largest absolute Gasteiger partial charge is 0.416 e. The lowest BCUT2D eigenvalue weighted by Crippen LogP contribution is -2.06. The number of benzene rings is 3. The molecule has 0 spiro atoms. The summed E-state index contributed by atoms with van der Waals surface area (Å²) in [5.41, 5.74) is 1.99. The molecule has 0 fully saturated rings. The van der Waals surface area contributed by atoms with E-state index in [0.29, 0.717) is 12.1 Å². The average molecular weight is 313 g/mol. The third kappa shape index (κ3) is 2.54. The van der Waals surface area contributed by atoms with Crippen molar-refractivity contribution in [1.82, 2.24) is 0 Å². The molecule has 1 nitrogen and oxygen atoms in total. The summed E-state index contributed by atoms with van der Waals surface area (Å²) in [5.74, 6) is 0. The van der Waals surface area contributed by atoms with Crippen LogP contribution in [0, 0.1) is 0 Å². The Morgan fingerprint density at radius 1 is 0.870 bits per heavy atom. The Kier molecular flexibility index (Phi) is 3.08. The number of rotatable bonds is 1. The first-order valence-corrected chi connectivity index (χ1v) is 7.46. The van der Waals surface area contributed by atoms with E-state index in [0.717, 1.165) is 28.0 Å². The highest BCUT2D eigenvalue weighted by molar-refractivity contribution is 5.83. The summed E-state index contributed by atoms with van der Waals surface area (Å²) < 4.78 is 38.5. The van der Waals surface area contributed by atoms with Crippen LogP contribution in [0.5, 0.6) is 0 Å². The number of nitrogens with one attached hydrogen (secondary N) is 1. The molecular weight excluding hydrogens is 299 g/mol. The van der Waals surface area contributed by atoms with Crippen molar-refractivity contribution in [1.29, 1.82) is 0 Å². The number of hydrogen-bond donors (Lipinski definition) is 1. The van der Waals surface area contributed by atoms with Gasteiger partial charge in [-0.2, -0.15) is 13.2 Å². The van der Waals surface area contributed by atoms with Crippen molar-refractivity contribution in [2.24, 2.45) is 0 Å². The van der Waals surface area contributed by atoms with E-state index in [1.807, 2.05) is 30.3 Å². The smallest absolute Gasteiger partial charge is 0.378 e. The molecule has 23 heavy (non-hydrogen) atoms. The summed E-state index contributed by atoms with van der Waals surface area (Å²) in [6.45, 7) is 0. The van der Waals surface area contributed by atoms with E-state index >= 15 is 0 Å². The predicted octanol–water partition coefficient (Wildman–Crippen LogP) is 5.57. The minimum Gasteiger partial charge on any atom is -0.378 e. The second-order valence-corrected chi connectivity index (χ2v) is 5.88. The fourth-order valence-electron chi connectivity index (χ4n) is 3.15. The summed E-state index contributed by atoms with van der Waals surface area (Å²) in [4.78, 5) is 0. The summed E-state index contributed by atoms with van der Waals surface area (Å²) in [6, 6.07) is 18.2. The first kappa shape index (κ1) is 14.1. The van der Waals surface area contributed by atoms with Gasteiger partial charge in [0.2, 0.25) is 0 Å². The highest BCUT2D eigenvalue weighted by Crippen LogP contribution is 2.39. The van der Waals surface area contributed by atoms with E-state index in [2.05, 4.69) is 17.4 Å². The molecule has 4 heteroatoms. The number of hydrogen-bond acceptors (Lipinski definition) is 1. The predicted molar refractivity (Wildman–Crippen MR) is 85.5 cm³/mol. The molecule has 4 rings (SSSR count). The Morgan fingerprint density at radius 2 is 1.65 bits per heavy atom. The zero-order chi connectivity index (χ0) is 16.0. The lowest BCUT2D eigenvalue weighted by Gasteiger charge is -2.13. The summed E-state index contributed by atoms with van der Waals surface area (Å²) in [6.07, 6.45) is -3.61. The summed E-state index contributed by atoms with van der Waals surface area (Å²) >= 11 is 0. The summed E-state index contributed by atoms with van der Waals surface area (Å²) in [5, 5.41) is 5.52. The molecule has 0 amide bonds. The SMILES string of the molecule is FC(F)(F)c1ccc2c(c1)NC(c1ccc3ccccc3c1)C2. The molecule has 116 valence electrons. The van der Waals surface area contributed by atoms with E-state index in [1.165, 1.54) is 6.07 Å². The molecule has 1 unspecified atom stereocenters. The highest BCUT2D eigenvalue weighted by Gasteiger charge is 2.32. The number of fused-ring (bicyclic) bond motifs is 2. The molecule has 1 aliphatic rings. The Balaban J connectivity index is 1.66. The van der Waals surface area contributed by atoms with Crippen molar-refractivity contribution >= 4 is 16.5 Å². The zero-order valence-corrected chi connectivity index (χ0v) is 12.2. The first-order chi connectivity index (χ1) is 11.0. The number of halogens is 3.